The standard InChI is InChI=1S/C17H28N2O/c1-18-17(14-20,15-8-4-3-5-9-15)12-13-19(2)16-10-6-7-11-16/h3-5,8-9,16,18,20H,6-7,10-14H2,1-2H3. The molecular formula is C17H28N2O. The van der Waals surface area contributed by atoms with E-state index in [1.165, 1.54) is 31.2 Å². The Kier molecular flexibility index (Phi) is 5.58. The molecule has 1 aromatic rings. The van der Waals surface area contributed by atoms with Crippen molar-refractivity contribution in [2.24, 2.45) is 0 Å². The van der Waals surface area contributed by atoms with E-state index in [-0.39, 0.29) is 12.1 Å². The van der Waals surface area contributed by atoms with Gasteiger partial charge in [0.05, 0.1) is 12.1 Å². The van der Waals surface area contributed by atoms with Gasteiger partial charge in [0.1, 0.15) is 0 Å². The molecule has 3 heteroatoms. The highest BCUT2D eigenvalue weighted by molar-refractivity contribution is 5.24. The molecule has 0 amide bonds. The molecule has 2 rings (SSSR count). The van der Waals surface area contributed by atoms with Crippen molar-refractivity contribution >= 4 is 0 Å². The first kappa shape index (κ1) is 15.5. The topological polar surface area (TPSA) is 35.5 Å². The van der Waals surface area contributed by atoms with Crippen LogP contribution in [0, 0.1) is 0 Å². The molecule has 0 heterocycles. The minimum Gasteiger partial charge on any atom is -0.394 e. The SMILES string of the molecule is CNC(CO)(CCN(C)C1CCCC1)c1ccccc1. The summed E-state index contributed by atoms with van der Waals surface area (Å²) in [7, 11) is 4.16. The van der Waals surface area contributed by atoms with Gasteiger partial charge in [-0.15, -0.1) is 0 Å². The van der Waals surface area contributed by atoms with E-state index in [9.17, 15) is 5.11 Å². The molecule has 1 saturated carbocycles. The zero-order valence-corrected chi connectivity index (χ0v) is 12.8. The van der Waals surface area contributed by atoms with E-state index in [4.69, 9.17) is 0 Å². The lowest BCUT2D eigenvalue weighted by molar-refractivity contribution is 0.134. The van der Waals surface area contributed by atoms with Crippen LogP contribution in [-0.4, -0.2) is 43.3 Å². The number of hydrogen-bond acceptors (Lipinski definition) is 3. The first-order valence-corrected chi connectivity index (χ1v) is 7.77. The van der Waals surface area contributed by atoms with E-state index < -0.39 is 0 Å². The van der Waals surface area contributed by atoms with Gasteiger partial charge in [-0.25, -0.2) is 0 Å². The molecule has 0 bridgehead atoms. The first-order chi connectivity index (χ1) is 9.72. The summed E-state index contributed by atoms with van der Waals surface area (Å²) >= 11 is 0. The monoisotopic (exact) mass is 276 g/mol. The van der Waals surface area contributed by atoms with Crippen molar-refractivity contribution in [2.75, 3.05) is 27.2 Å². The Balaban J connectivity index is 2.02. The predicted molar refractivity (Wildman–Crippen MR) is 83.8 cm³/mol. The van der Waals surface area contributed by atoms with Crippen molar-refractivity contribution in [2.45, 2.75) is 43.7 Å². The van der Waals surface area contributed by atoms with Crippen LogP contribution >= 0.6 is 0 Å². The largest absolute Gasteiger partial charge is 0.394 e. The number of nitrogens with one attached hydrogen (secondary N) is 1. The number of likely N-dealkylation sites (N-methyl/N-ethyl adjacent to an activating group) is 1. The van der Waals surface area contributed by atoms with E-state index in [0.717, 1.165) is 19.0 Å². The molecule has 0 radical (unpaired) electrons. The van der Waals surface area contributed by atoms with E-state index in [1.807, 2.05) is 25.2 Å². The number of benzene rings is 1. The molecule has 0 aliphatic heterocycles. The molecule has 112 valence electrons. The van der Waals surface area contributed by atoms with Crippen LogP contribution in [0.3, 0.4) is 0 Å². The van der Waals surface area contributed by atoms with Gasteiger partial charge in [-0.1, -0.05) is 43.2 Å². The molecule has 20 heavy (non-hydrogen) atoms. The van der Waals surface area contributed by atoms with Gasteiger partial charge in [0.2, 0.25) is 0 Å². The van der Waals surface area contributed by atoms with E-state index in [1.54, 1.807) is 0 Å². The second kappa shape index (κ2) is 7.21. The average Bonchev–Trinajstić information content (AvgIpc) is 3.04. The minimum absolute atomic E-state index is 0.131. The van der Waals surface area contributed by atoms with Gasteiger partial charge in [-0.05, 0) is 38.9 Å². The fourth-order valence-corrected chi connectivity index (χ4v) is 3.32. The molecule has 0 spiro atoms. The lowest BCUT2D eigenvalue weighted by atomic mass is 9.87. The van der Waals surface area contributed by atoms with Crippen LogP contribution < -0.4 is 5.32 Å². The highest BCUT2D eigenvalue weighted by atomic mass is 16.3. The minimum atomic E-state index is -0.325. The van der Waals surface area contributed by atoms with Crippen LogP contribution in [0.5, 0.6) is 0 Å². The fourth-order valence-electron chi connectivity index (χ4n) is 3.32. The second-order valence-electron chi connectivity index (χ2n) is 6.03. The van der Waals surface area contributed by atoms with Crippen LogP contribution in [-0.2, 0) is 5.54 Å². The molecule has 1 aliphatic rings. The number of aliphatic hydroxyl groups is 1. The van der Waals surface area contributed by atoms with E-state index >= 15 is 0 Å². The molecule has 1 atom stereocenters. The Labute approximate surface area is 123 Å². The van der Waals surface area contributed by atoms with Gasteiger partial charge in [0.25, 0.3) is 0 Å². The summed E-state index contributed by atoms with van der Waals surface area (Å²) in [5.74, 6) is 0. The summed E-state index contributed by atoms with van der Waals surface area (Å²) in [6.07, 6.45) is 6.31. The lowest BCUT2D eigenvalue weighted by Gasteiger charge is -2.35. The van der Waals surface area contributed by atoms with E-state index in [2.05, 4.69) is 29.4 Å². The van der Waals surface area contributed by atoms with Crippen LogP contribution in [0.25, 0.3) is 0 Å². The van der Waals surface area contributed by atoms with Gasteiger partial charge in [0.15, 0.2) is 0 Å². The lowest BCUT2D eigenvalue weighted by Crippen LogP contribution is -2.46. The average molecular weight is 276 g/mol. The third kappa shape index (κ3) is 3.40. The number of hydrogen-bond donors (Lipinski definition) is 2. The number of rotatable bonds is 7. The summed E-state index contributed by atoms with van der Waals surface area (Å²) in [6.45, 7) is 1.15. The van der Waals surface area contributed by atoms with Crippen LogP contribution in [0.4, 0.5) is 0 Å². The summed E-state index contributed by atoms with van der Waals surface area (Å²) in [6, 6.07) is 11.0. The third-order valence-electron chi connectivity index (χ3n) is 4.91. The Morgan fingerprint density at radius 1 is 1.25 bits per heavy atom. The molecule has 0 aromatic heterocycles. The van der Waals surface area contributed by atoms with Gasteiger partial charge in [-0.2, -0.15) is 0 Å². The van der Waals surface area contributed by atoms with Crippen molar-refractivity contribution in [3.63, 3.8) is 0 Å². The highest BCUT2D eigenvalue weighted by Gasteiger charge is 2.30. The maximum atomic E-state index is 9.93. The van der Waals surface area contributed by atoms with Gasteiger partial charge in [-0.3, -0.25) is 0 Å². The van der Waals surface area contributed by atoms with Crippen LogP contribution in [0.1, 0.15) is 37.7 Å². The molecule has 3 nitrogen and oxygen atoms in total. The van der Waals surface area contributed by atoms with Gasteiger partial charge >= 0.3 is 0 Å². The normalized spacial score (nSPS) is 19.4. The smallest absolute Gasteiger partial charge is 0.0678 e. The van der Waals surface area contributed by atoms with Gasteiger partial charge < -0.3 is 15.3 Å². The fraction of sp³-hybridized carbons (Fsp3) is 0.647. The molecule has 1 aliphatic carbocycles. The Morgan fingerprint density at radius 3 is 2.45 bits per heavy atom. The van der Waals surface area contributed by atoms with Crippen molar-refractivity contribution < 1.29 is 5.11 Å². The first-order valence-electron chi connectivity index (χ1n) is 7.77. The van der Waals surface area contributed by atoms with Crippen molar-refractivity contribution in [3.8, 4) is 0 Å². The maximum Gasteiger partial charge on any atom is 0.0678 e. The maximum absolute atomic E-state index is 9.93. The predicted octanol–water partition coefficient (Wildman–Crippen LogP) is 2.36. The van der Waals surface area contributed by atoms with E-state index in [0.29, 0.717) is 0 Å². The summed E-state index contributed by atoms with van der Waals surface area (Å²) in [4.78, 5) is 2.47. The molecule has 1 aromatic carbocycles. The summed E-state index contributed by atoms with van der Waals surface area (Å²) in [5.41, 5.74) is 0.846. The molecular weight excluding hydrogens is 248 g/mol. The Hall–Kier alpha value is -0.900. The van der Waals surface area contributed by atoms with Crippen molar-refractivity contribution in [1.82, 2.24) is 10.2 Å². The number of aliphatic hydroxyl groups excluding tert-OH is 1. The highest BCUT2D eigenvalue weighted by Crippen LogP contribution is 2.27. The Morgan fingerprint density at radius 2 is 1.90 bits per heavy atom. The van der Waals surface area contributed by atoms with Gasteiger partial charge in [0, 0.05) is 12.6 Å². The quantitative estimate of drug-likeness (QED) is 0.802. The second-order valence-corrected chi connectivity index (χ2v) is 6.03. The number of nitrogens with zero attached hydrogens (tertiary/aromatic N) is 1. The molecule has 1 fully saturated rings. The van der Waals surface area contributed by atoms with Crippen LogP contribution in [0.2, 0.25) is 0 Å². The Bertz CT molecular complexity index is 383. The molecule has 0 saturated heterocycles. The zero-order chi connectivity index (χ0) is 14.4. The molecule has 2 N–H and O–H groups in total. The zero-order valence-electron chi connectivity index (χ0n) is 12.8. The van der Waals surface area contributed by atoms with Crippen molar-refractivity contribution in [3.05, 3.63) is 35.9 Å². The van der Waals surface area contributed by atoms with Crippen molar-refractivity contribution in [1.29, 1.82) is 0 Å². The summed E-state index contributed by atoms with van der Waals surface area (Å²) < 4.78 is 0. The summed E-state index contributed by atoms with van der Waals surface area (Å²) in [5, 5.41) is 13.3. The van der Waals surface area contributed by atoms with Crippen LogP contribution in [0.15, 0.2) is 30.3 Å². The third-order valence-corrected chi connectivity index (χ3v) is 4.91. The molecule has 1 unspecified atom stereocenters.